The third kappa shape index (κ3) is 2.47. The molecule has 0 saturated carbocycles. The van der Waals surface area contributed by atoms with Gasteiger partial charge in [-0.25, -0.2) is 0 Å². The molecule has 4 rings (SSSR count). The molecule has 0 aromatic heterocycles. The molecular weight excluding hydrogens is 378 g/mol. The van der Waals surface area contributed by atoms with E-state index in [-0.39, 0.29) is 29.8 Å². The molecule has 3 aliphatic rings. The highest BCUT2D eigenvalue weighted by atomic mass is 35.5. The molecular formula is C21H27ClN3O3+. The summed E-state index contributed by atoms with van der Waals surface area (Å²) in [6, 6.07) is 4.97. The maximum absolute atomic E-state index is 13.5. The van der Waals surface area contributed by atoms with E-state index in [1.54, 1.807) is 18.2 Å². The minimum absolute atomic E-state index is 0.119. The molecule has 3 N–H and O–H groups in total. The summed E-state index contributed by atoms with van der Waals surface area (Å²) in [7, 11) is 0. The molecule has 2 fully saturated rings. The van der Waals surface area contributed by atoms with Crippen LogP contribution in [0.15, 0.2) is 18.2 Å². The molecule has 0 bridgehead atoms. The second kappa shape index (κ2) is 6.56. The number of imide groups is 1. The Morgan fingerprint density at radius 1 is 1.21 bits per heavy atom. The summed E-state index contributed by atoms with van der Waals surface area (Å²) in [6.45, 7) is 8.05. The van der Waals surface area contributed by atoms with E-state index in [2.05, 4.69) is 19.2 Å². The number of benzene rings is 1. The number of rotatable bonds is 4. The molecule has 2 saturated heterocycles. The quantitative estimate of drug-likeness (QED) is 0.751. The van der Waals surface area contributed by atoms with Crippen LogP contribution in [-0.2, 0) is 19.9 Å². The van der Waals surface area contributed by atoms with Gasteiger partial charge in [-0.3, -0.25) is 19.3 Å². The van der Waals surface area contributed by atoms with Gasteiger partial charge in [0.15, 0.2) is 0 Å². The maximum Gasteiger partial charge on any atom is 0.291 e. The topological polar surface area (TPSA) is 83.1 Å². The number of amides is 3. The molecule has 1 spiro atoms. The summed E-state index contributed by atoms with van der Waals surface area (Å²) < 4.78 is 0. The van der Waals surface area contributed by atoms with E-state index in [1.165, 1.54) is 4.90 Å². The number of nitrogens with one attached hydrogen (secondary N) is 1. The van der Waals surface area contributed by atoms with Gasteiger partial charge in [0, 0.05) is 23.0 Å². The number of nitrogens with zero attached hydrogens (tertiary/aromatic N) is 1. The predicted molar refractivity (Wildman–Crippen MR) is 106 cm³/mol. The fourth-order valence-electron chi connectivity index (χ4n) is 5.33. The molecule has 3 amide bonds. The Balaban J connectivity index is 1.89. The highest BCUT2D eigenvalue weighted by Gasteiger charge is 2.74. The van der Waals surface area contributed by atoms with Crippen molar-refractivity contribution in [2.75, 3.05) is 5.32 Å². The molecule has 28 heavy (non-hydrogen) atoms. The zero-order chi connectivity index (χ0) is 20.4. The van der Waals surface area contributed by atoms with Gasteiger partial charge in [0.2, 0.25) is 17.4 Å². The number of halogens is 1. The summed E-state index contributed by atoms with van der Waals surface area (Å²) in [5, 5.41) is 5.42. The summed E-state index contributed by atoms with van der Waals surface area (Å²) in [6.07, 6.45) is 1.45. The van der Waals surface area contributed by atoms with Gasteiger partial charge in [0.05, 0.1) is 5.69 Å². The van der Waals surface area contributed by atoms with Crippen molar-refractivity contribution in [3.63, 3.8) is 0 Å². The standard InChI is InChI=1S/C21H26ClN3O3/c1-5-11(4)25-18(26)16-15(8-10(2)3)24-21(17(16)19(25)27)13-9-12(22)6-7-14(13)23-20(21)28/h6-7,9-11,15-17,24H,5,8H2,1-4H3,(H,23,28)/p+1/t11-,15-,16-,17+,21-/m1/s1. The fourth-order valence-corrected chi connectivity index (χ4v) is 5.51. The van der Waals surface area contributed by atoms with E-state index in [0.29, 0.717) is 23.0 Å². The lowest BCUT2D eigenvalue weighted by molar-refractivity contribution is -0.734. The molecule has 0 aliphatic carbocycles. The SMILES string of the molecule is CC[C@@H](C)N1C(=O)[C@H]2[C@@H](C1=O)[C@@]1([NH2+][C@@H]2CC(C)C)C(=O)Nc2ccc(Cl)cc21. The van der Waals surface area contributed by atoms with Crippen LogP contribution in [0.1, 0.15) is 46.1 Å². The van der Waals surface area contributed by atoms with Crippen molar-refractivity contribution in [3.05, 3.63) is 28.8 Å². The third-order valence-electron chi connectivity index (χ3n) is 6.64. The summed E-state index contributed by atoms with van der Waals surface area (Å²) >= 11 is 6.25. The van der Waals surface area contributed by atoms with Crippen LogP contribution < -0.4 is 10.6 Å². The van der Waals surface area contributed by atoms with E-state index < -0.39 is 17.4 Å². The zero-order valence-corrected chi connectivity index (χ0v) is 17.4. The zero-order valence-electron chi connectivity index (χ0n) is 16.7. The molecule has 1 aromatic carbocycles. The molecule has 3 heterocycles. The molecule has 3 aliphatic heterocycles. The summed E-state index contributed by atoms with van der Waals surface area (Å²) in [4.78, 5) is 41.5. The number of carbonyl (C=O) groups excluding carboxylic acids is 3. The Morgan fingerprint density at radius 3 is 2.57 bits per heavy atom. The minimum Gasteiger partial charge on any atom is -0.326 e. The molecule has 5 atom stereocenters. The van der Waals surface area contributed by atoms with Crippen LogP contribution in [0.2, 0.25) is 5.02 Å². The van der Waals surface area contributed by atoms with Crippen molar-refractivity contribution < 1.29 is 19.7 Å². The van der Waals surface area contributed by atoms with Crippen LogP contribution in [0.4, 0.5) is 5.69 Å². The summed E-state index contributed by atoms with van der Waals surface area (Å²) in [5.41, 5.74) is 0.273. The Bertz CT molecular complexity index is 870. The van der Waals surface area contributed by atoms with Crippen LogP contribution in [0, 0.1) is 17.8 Å². The van der Waals surface area contributed by atoms with Gasteiger partial charge in [0.1, 0.15) is 17.9 Å². The van der Waals surface area contributed by atoms with E-state index in [1.807, 2.05) is 19.2 Å². The van der Waals surface area contributed by atoms with Crippen molar-refractivity contribution in [3.8, 4) is 0 Å². The van der Waals surface area contributed by atoms with E-state index in [0.717, 1.165) is 12.0 Å². The van der Waals surface area contributed by atoms with Gasteiger partial charge in [0.25, 0.3) is 5.91 Å². The Hall–Kier alpha value is -1.92. The maximum atomic E-state index is 13.5. The van der Waals surface area contributed by atoms with Gasteiger partial charge >= 0.3 is 0 Å². The first-order valence-electron chi connectivity index (χ1n) is 10.1. The van der Waals surface area contributed by atoms with E-state index in [4.69, 9.17) is 11.6 Å². The predicted octanol–water partition coefficient (Wildman–Crippen LogP) is 1.88. The Morgan fingerprint density at radius 2 is 1.93 bits per heavy atom. The number of fused-ring (bicyclic) bond motifs is 4. The smallest absolute Gasteiger partial charge is 0.291 e. The molecule has 150 valence electrons. The van der Waals surface area contributed by atoms with Crippen LogP contribution in [-0.4, -0.2) is 34.7 Å². The normalized spacial score (nSPS) is 32.3. The minimum atomic E-state index is -1.13. The van der Waals surface area contributed by atoms with Crippen LogP contribution in [0.3, 0.4) is 0 Å². The molecule has 0 unspecified atom stereocenters. The molecule has 1 aromatic rings. The van der Waals surface area contributed by atoms with E-state index in [9.17, 15) is 14.4 Å². The van der Waals surface area contributed by atoms with Crippen LogP contribution >= 0.6 is 11.6 Å². The van der Waals surface area contributed by atoms with E-state index >= 15 is 0 Å². The largest absolute Gasteiger partial charge is 0.326 e. The first-order chi connectivity index (χ1) is 13.2. The van der Waals surface area contributed by atoms with Gasteiger partial charge in [-0.2, -0.15) is 0 Å². The van der Waals surface area contributed by atoms with Gasteiger partial charge in [-0.05, 0) is 37.5 Å². The number of hydrogen-bond acceptors (Lipinski definition) is 3. The van der Waals surface area contributed by atoms with Gasteiger partial charge in [-0.15, -0.1) is 0 Å². The van der Waals surface area contributed by atoms with Crippen molar-refractivity contribution in [1.82, 2.24) is 4.90 Å². The summed E-state index contributed by atoms with van der Waals surface area (Å²) in [5.74, 6) is -1.42. The molecule has 7 heteroatoms. The van der Waals surface area contributed by atoms with Crippen molar-refractivity contribution >= 4 is 35.0 Å². The lowest BCUT2D eigenvalue weighted by atomic mass is 9.76. The lowest BCUT2D eigenvalue weighted by Gasteiger charge is -2.29. The van der Waals surface area contributed by atoms with Gasteiger partial charge in [-0.1, -0.05) is 32.4 Å². The monoisotopic (exact) mass is 404 g/mol. The lowest BCUT2D eigenvalue weighted by Crippen LogP contribution is -2.99. The number of hydrogen-bond donors (Lipinski definition) is 2. The number of quaternary nitrogens is 1. The highest BCUT2D eigenvalue weighted by molar-refractivity contribution is 6.31. The van der Waals surface area contributed by atoms with Crippen LogP contribution in [0.5, 0.6) is 0 Å². The van der Waals surface area contributed by atoms with Gasteiger partial charge < -0.3 is 10.6 Å². The van der Waals surface area contributed by atoms with Crippen molar-refractivity contribution in [1.29, 1.82) is 0 Å². The van der Waals surface area contributed by atoms with Crippen molar-refractivity contribution in [2.45, 2.75) is 58.2 Å². The first-order valence-corrected chi connectivity index (χ1v) is 10.4. The molecule has 0 radical (unpaired) electrons. The first kappa shape index (κ1) is 19.4. The number of anilines is 1. The van der Waals surface area contributed by atoms with Crippen LogP contribution in [0.25, 0.3) is 0 Å². The average Bonchev–Trinajstić information content (AvgIpc) is 3.20. The Labute approximate surface area is 170 Å². The Kier molecular flexibility index (Phi) is 4.55. The number of likely N-dealkylation sites (tertiary alicyclic amines) is 1. The highest BCUT2D eigenvalue weighted by Crippen LogP contribution is 2.50. The third-order valence-corrected chi connectivity index (χ3v) is 6.88. The second-order valence-electron chi connectivity index (χ2n) is 8.78. The number of carbonyl (C=O) groups is 3. The molecule has 6 nitrogen and oxygen atoms in total. The fraction of sp³-hybridized carbons (Fsp3) is 0.571. The van der Waals surface area contributed by atoms with Crippen molar-refractivity contribution in [2.24, 2.45) is 17.8 Å². The number of nitrogens with two attached hydrogens (primary N) is 1. The average molecular weight is 405 g/mol. The second-order valence-corrected chi connectivity index (χ2v) is 9.22.